The van der Waals surface area contributed by atoms with Gasteiger partial charge in [0.15, 0.2) is 0 Å². The smallest absolute Gasteiger partial charge is 0.312 e. The first-order valence-electron chi connectivity index (χ1n) is 7.65. The van der Waals surface area contributed by atoms with E-state index in [4.69, 9.17) is 0 Å². The Kier molecular flexibility index (Phi) is 4.48. The van der Waals surface area contributed by atoms with Gasteiger partial charge in [-0.2, -0.15) is 0 Å². The van der Waals surface area contributed by atoms with E-state index in [1.54, 1.807) is 4.90 Å². The van der Waals surface area contributed by atoms with Gasteiger partial charge in [-0.1, -0.05) is 0 Å². The monoisotopic (exact) mass is 266 g/mol. The number of rotatable bonds is 0. The Morgan fingerprint density at radius 3 is 1.95 bits per heavy atom. The molecule has 0 radical (unpaired) electrons. The minimum Gasteiger partial charge on any atom is -0.332 e. The quantitative estimate of drug-likeness (QED) is 0.631. The Bertz CT molecular complexity index is 346. The fourth-order valence-corrected chi connectivity index (χ4v) is 3.45. The molecule has 0 spiro atoms. The van der Waals surface area contributed by atoms with Crippen molar-refractivity contribution >= 4 is 11.8 Å². The third-order valence-corrected chi connectivity index (χ3v) is 4.67. The second kappa shape index (κ2) is 5.93. The van der Waals surface area contributed by atoms with Crippen molar-refractivity contribution in [3.05, 3.63) is 0 Å². The number of carbonyl (C=O) groups is 2. The molecule has 3 unspecified atom stereocenters. The highest BCUT2D eigenvalue weighted by Gasteiger charge is 2.36. The van der Waals surface area contributed by atoms with Crippen LogP contribution in [0.25, 0.3) is 0 Å². The lowest BCUT2D eigenvalue weighted by Crippen LogP contribution is -2.55. The van der Waals surface area contributed by atoms with Crippen LogP contribution in [0, 0.1) is 0 Å². The predicted octanol–water partition coefficient (Wildman–Crippen LogP) is 2.18. The van der Waals surface area contributed by atoms with Crippen LogP contribution in [-0.2, 0) is 9.59 Å². The Balaban J connectivity index is 2.07. The third-order valence-electron chi connectivity index (χ3n) is 4.67. The molecular formula is C15H26N2O2. The molecule has 3 atom stereocenters. The average molecular weight is 266 g/mol. The van der Waals surface area contributed by atoms with Crippen molar-refractivity contribution in [3.8, 4) is 0 Å². The van der Waals surface area contributed by atoms with Crippen LogP contribution < -0.4 is 0 Å². The van der Waals surface area contributed by atoms with Crippen molar-refractivity contribution in [1.82, 2.24) is 9.80 Å². The highest BCUT2D eigenvalue weighted by molar-refractivity contribution is 6.35. The molecule has 0 aromatic rings. The lowest BCUT2D eigenvalue weighted by Gasteiger charge is -2.41. The minimum atomic E-state index is -0.284. The van der Waals surface area contributed by atoms with E-state index in [1.165, 1.54) is 0 Å². The molecular weight excluding hydrogens is 240 g/mol. The van der Waals surface area contributed by atoms with Crippen LogP contribution in [0.5, 0.6) is 0 Å². The van der Waals surface area contributed by atoms with Crippen molar-refractivity contribution in [3.63, 3.8) is 0 Å². The fraction of sp³-hybridized carbons (Fsp3) is 0.867. The van der Waals surface area contributed by atoms with Gasteiger partial charge in [-0.15, -0.1) is 0 Å². The molecule has 2 aliphatic heterocycles. The van der Waals surface area contributed by atoms with Gasteiger partial charge in [0.25, 0.3) is 0 Å². The minimum absolute atomic E-state index is 0.195. The summed E-state index contributed by atoms with van der Waals surface area (Å²) in [5, 5.41) is 0. The van der Waals surface area contributed by atoms with Crippen LogP contribution in [0.4, 0.5) is 0 Å². The van der Waals surface area contributed by atoms with Gasteiger partial charge in [0.2, 0.25) is 0 Å². The number of piperidine rings is 2. The number of hydrogen-bond donors (Lipinski definition) is 0. The molecule has 4 heteroatoms. The largest absolute Gasteiger partial charge is 0.332 e. The third kappa shape index (κ3) is 2.93. The molecule has 2 rings (SSSR count). The van der Waals surface area contributed by atoms with Gasteiger partial charge < -0.3 is 9.80 Å². The first-order chi connectivity index (χ1) is 9.02. The number of hydrogen-bond acceptors (Lipinski definition) is 2. The SMILES string of the molecule is CC1CCCCN1C(=O)C(=O)N1C(C)CCCC1C. The molecule has 19 heavy (non-hydrogen) atoms. The van der Waals surface area contributed by atoms with Crippen LogP contribution in [0.15, 0.2) is 0 Å². The topological polar surface area (TPSA) is 40.6 Å². The van der Waals surface area contributed by atoms with Gasteiger partial charge in [0.1, 0.15) is 0 Å². The second-order valence-electron chi connectivity index (χ2n) is 6.18. The summed E-state index contributed by atoms with van der Waals surface area (Å²) >= 11 is 0. The summed E-state index contributed by atoms with van der Waals surface area (Å²) in [5.74, 6) is -0.568. The Labute approximate surface area is 116 Å². The molecule has 0 aliphatic carbocycles. The van der Waals surface area contributed by atoms with E-state index in [0.717, 1.165) is 45.1 Å². The first-order valence-corrected chi connectivity index (χ1v) is 7.65. The van der Waals surface area contributed by atoms with Crippen LogP contribution >= 0.6 is 0 Å². The summed E-state index contributed by atoms with van der Waals surface area (Å²) in [5.41, 5.74) is 0. The molecule has 108 valence electrons. The van der Waals surface area contributed by atoms with Gasteiger partial charge in [-0.05, 0) is 59.3 Å². The zero-order valence-electron chi connectivity index (χ0n) is 12.4. The summed E-state index contributed by atoms with van der Waals surface area (Å²) in [4.78, 5) is 28.5. The molecule has 2 heterocycles. The zero-order valence-corrected chi connectivity index (χ0v) is 12.4. The second-order valence-corrected chi connectivity index (χ2v) is 6.18. The highest BCUT2D eigenvalue weighted by Crippen LogP contribution is 2.24. The molecule has 2 fully saturated rings. The molecule has 0 bridgehead atoms. The van der Waals surface area contributed by atoms with E-state index in [1.807, 2.05) is 11.8 Å². The van der Waals surface area contributed by atoms with Crippen LogP contribution in [0.3, 0.4) is 0 Å². The van der Waals surface area contributed by atoms with E-state index < -0.39 is 0 Å². The maximum absolute atomic E-state index is 12.5. The average Bonchev–Trinajstić information content (AvgIpc) is 2.38. The maximum Gasteiger partial charge on any atom is 0.312 e. The predicted molar refractivity (Wildman–Crippen MR) is 74.6 cm³/mol. The fourth-order valence-electron chi connectivity index (χ4n) is 3.45. The van der Waals surface area contributed by atoms with E-state index in [2.05, 4.69) is 13.8 Å². The van der Waals surface area contributed by atoms with E-state index >= 15 is 0 Å². The molecule has 0 N–H and O–H groups in total. The Morgan fingerprint density at radius 1 is 0.789 bits per heavy atom. The number of likely N-dealkylation sites (tertiary alicyclic amines) is 2. The summed E-state index contributed by atoms with van der Waals surface area (Å²) in [6.45, 7) is 6.90. The highest BCUT2D eigenvalue weighted by atomic mass is 16.2. The van der Waals surface area contributed by atoms with Gasteiger partial charge >= 0.3 is 11.8 Å². The zero-order chi connectivity index (χ0) is 14.0. The van der Waals surface area contributed by atoms with Crippen molar-refractivity contribution in [1.29, 1.82) is 0 Å². The number of amides is 2. The van der Waals surface area contributed by atoms with Gasteiger partial charge in [0, 0.05) is 24.7 Å². The van der Waals surface area contributed by atoms with E-state index in [0.29, 0.717) is 0 Å². The first kappa shape index (κ1) is 14.4. The van der Waals surface area contributed by atoms with Crippen LogP contribution in [0.2, 0.25) is 0 Å². The summed E-state index contributed by atoms with van der Waals surface area (Å²) < 4.78 is 0. The molecule has 2 saturated heterocycles. The summed E-state index contributed by atoms with van der Waals surface area (Å²) in [6.07, 6.45) is 6.38. The number of carbonyl (C=O) groups excluding carboxylic acids is 2. The van der Waals surface area contributed by atoms with Crippen molar-refractivity contribution < 1.29 is 9.59 Å². The molecule has 0 aromatic heterocycles. The maximum atomic E-state index is 12.5. The lowest BCUT2D eigenvalue weighted by molar-refractivity contribution is -0.157. The lowest BCUT2D eigenvalue weighted by atomic mass is 9.97. The molecule has 4 nitrogen and oxygen atoms in total. The molecule has 0 aromatic carbocycles. The van der Waals surface area contributed by atoms with Gasteiger partial charge in [-0.25, -0.2) is 0 Å². The van der Waals surface area contributed by atoms with Crippen LogP contribution in [-0.4, -0.2) is 46.3 Å². The van der Waals surface area contributed by atoms with E-state index in [-0.39, 0.29) is 29.9 Å². The van der Waals surface area contributed by atoms with Crippen molar-refractivity contribution in [2.75, 3.05) is 6.54 Å². The molecule has 0 saturated carbocycles. The van der Waals surface area contributed by atoms with Gasteiger partial charge in [0.05, 0.1) is 0 Å². The number of nitrogens with zero attached hydrogens (tertiary/aromatic N) is 2. The van der Waals surface area contributed by atoms with Crippen molar-refractivity contribution in [2.24, 2.45) is 0 Å². The van der Waals surface area contributed by atoms with E-state index in [9.17, 15) is 9.59 Å². The Morgan fingerprint density at radius 2 is 1.37 bits per heavy atom. The normalized spacial score (nSPS) is 32.3. The Hall–Kier alpha value is -1.06. The van der Waals surface area contributed by atoms with Crippen molar-refractivity contribution in [2.45, 2.75) is 77.4 Å². The summed E-state index contributed by atoms with van der Waals surface area (Å²) in [6, 6.07) is 0.598. The molecule has 2 aliphatic rings. The van der Waals surface area contributed by atoms with Crippen LogP contribution in [0.1, 0.15) is 59.3 Å². The van der Waals surface area contributed by atoms with Gasteiger partial charge in [-0.3, -0.25) is 9.59 Å². The molecule has 2 amide bonds. The standard InChI is InChI=1S/C15H26N2O2/c1-11-7-4-5-10-16(11)14(18)15(19)17-12(2)8-6-9-13(17)3/h11-13H,4-10H2,1-3H3. The summed E-state index contributed by atoms with van der Waals surface area (Å²) in [7, 11) is 0.